The number of rotatable bonds is 3. The first kappa shape index (κ1) is 30.9. The van der Waals surface area contributed by atoms with Crippen LogP contribution in [0.25, 0.3) is 22.4 Å². The zero-order valence-corrected chi connectivity index (χ0v) is 28.0. The van der Waals surface area contributed by atoms with Crippen LogP contribution < -0.4 is 0 Å². The summed E-state index contributed by atoms with van der Waals surface area (Å²) in [5, 5.41) is 6.13. The van der Waals surface area contributed by atoms with Crippen molar-refractivity contribution in [3.05, 3.63) is 89.3 Å². The van der Waals surface area contributed by atoms with Crippen LogP contribution in [-0.2, 0) is 25.3 Å². The summed E-state index contributed by atoms with van der Waals surface area (Å²) in [6.07, 6.45) is 9.82. The first-order chi connectivity index (χ1) is 21.2. The number of fused-ring (bicyclic) bond motifs is 8. The van der Waals surface area contributed by atoms with Crippen LogP contribution in [0.2, 0.25) is 0 Å². The Morgan fingerprint density at radius 2 is 1.93 bits per heavy atom. The Hall–Kier alpha value is -3.10. The summed E-state index contributed by atoms with van der Waals surface area (Å²) < 4.78 is 17.5. The van der Waals surface area contributed by atoms with Gasteiger partial charge in [0.15, 0.2) is 11.6 Å². The summed E-state index contributed by atoms with van der Waals surface area (Å²) in [5.41, 5.74) is 5.11. The second-order valence-corrected chi connectivity index (χ2v) is 15.3. The maximum absolute atomic E-state index is 15.7. The SMILES string of the molecule is CCCc1cccc([C@@]2(C)CCCC(C)(C)CSCCc3c(c(F)cc4[nH]ccc34)Sc3ccnc(c3)-c3nc2nn3C)c1. The average molecular weight is 628 g/mol. The van der Waals surface area contributed by atoms with E-state index >= 15 is 4.39 Å². The predicted octanol–water partition coefficient (Wildman–Crippen LogP) is 9.39. The van der Waals surface area contributed by atoms with Gasteiger partial charge in [-0.15, -0.1) is 0 Å². The fourth-order valence-electron chi connectivity index (χ4n) is 6.40. The average Bonchev–Trinajstić information content (AvgIpc) is 3.63. The van der Waals surface area contributed by atoms with Gasteiger partial charge in [0.25, 0.3) is 0 Å². The van der Waals surface area contributed by atoms with E-state index in [1.54, 1.807) is 12.3 Å². The van der Waals surface area contributed by atoms with E-state index in [0.29, 0.717) is 4.90 Å². The Kier molecular flexibility index (Phi) is 8.93. The highest BCUT2D eigenvalue weighted by atomic mass is 32.2. The van der Waals surface area contributed by atoms with Crippen LogP contribution in [0.4, 0.5) is 4.39 Å². The maximum atomic E-state index is 15.7. The minimum Gasteiger partial charge on any atom is -0.361 e. The lowest BCUT2D eigenvalue weighted by Crippen LogP contribution is -2.27. The fraction of sp³-hybridized carbons (Fsp3) is 0.417. The molecule has 1 aliphatic rings. The van der Waals surface area contributed by atoms with Crippen molar-refractivity contribution in [3.8, 4) is 11.5 Å². The molecule has 6 rings (SSSR count). The predicted molar refractivity (Wildman–Crippen MR) is 182 cm³/mol. The summed E-state index contributed by atoms with van der Waals surface area (Å²) in [4.78, 5) is 14.7. The molecule has 4 heterocycles. The summed E-state index contributed by atoms with van der Waals surface area (Å²) >= 11 is 3.45. The summed E-state index contributed by atoms with van der Waals surface area (Å²) in [5.74, 6) is 3.35. The van der Waals surface area contributed by atoms with Crippen LogP contribution in [0.5, 0.6) is 0 Å². The Balaban J connectivity index is 1.45. The molecule has 4 bridgehead atoms. The van der Waals surface area contributed by atoms with E-state index in [-0.39, 0.29) is 16.6 Å². The summed E-state index contributed by atoms with van der Waals surface area (Å²) in [7, 11) is 1.95. The normalized spacial score (nSPS) is 19.3. The van der Waals surface area contributed by atoms with Crippen molar-refractivity contribution in [2.45, 2.75) is 81.4 Å². The third-order valence-corrected chi connectivity index (χ3v) is 11.5. The van der Waals surface area contributed by atoms with Crippen LogP contribution in [0, 0.1) is 11.2 Å². The van der Waals surface area contributed by atoms with Crippen molar-refractivity contribution in [1.82, 2.24) is 24.7 Å². The van der Waals surface area contributed by atoms with Gasteiger partial charge in [0.1, 0.15) is 11.5 Å². The highest BCUT2D eigenvalue weighted by Crippen LogP contribution is 2.41. The smallest absolute Gasteiger partial charge is 0.176 e. The number of aryl methyl sites for hydroxylation is 3. The minimum atomic E-state index is -0.342. The number of hydrogen-bond acceptors (Lipinski definition) is 5. The Morgan fingerprint density at radius 3 is 2.77 bits per heavy atom. The van der Waals surface area contributed by atoms with Gasteiger partial charge < -0.3 is 4.98 Å². The van der Waals surface area contributed by atoms with Gasteiger partial charge in [-0.3, -0.25) is 4.98 Å². The Bertz CT molecular complexity index is 1770. The number of nitrogens with one attached hydrogen (secondary N) is 1. The van der Waals surface area contributed by atoms with Crippen molar-refractivity contribution >= 4 is 34.4 Å². The van der Waals surface area contributed by atoms with E-state index in [9.17, 15) is 0 Å². The lowest BCUT2D eigenvalue weighted by molar-refractivity contribution is 0.342. The fourth-order valence-corrected chi connectivity index (χ4v) is 8.61. The van der Waals surface area contributed by atoms with E-state index in [1.165, 1.54) is 22.9 Å². The number of H-pyrrole nitrogens is 1. The number of benzene rings is 2. The van der Waals surface area contributed by atoms with Crippen molar-refractivity contribution in [2.75, 3.05) is 11.5 Å². The van der Waals surface area contributed by atoms with Crippen LogP contribution in [-0.4, -0.2) is 36.2 Å². The number of thioether (sulfide) groups is 1. The minimum absolute atomic E-state index is 0.175. The molecule has 230 valence electrons. The molecule has 44 heavy (non-hydrogen) atoms. The number of aromatic amines is 1. The van der Waals surface area contributed by atoms with Gasteiger partial charge in [0.2, 0.25) is 0 Å². The molecule has 2 aromatic carbocycles. The van der Waals surface area contributed by atoms with Gasteiger partial charge in [0.05, 0.1) is 10.3 Å². The zero-order valence-electron chi connectivity index (χ0n) is 26.4. The van der Waals surface area contributed by atoms with Crippen molar-refractivity contribution in [1.29, 1.82) is 0 Å². The summed E-state index contributed by atoms with van der Waals surface area (Å²) in [6.45, 7) is 9.28. The van der Waals surface area contributed by atoms with Crippen LogP contribution in [0.3, 0.4) is 0 Å². The molecule has 0 amide bonds. The Labute approximate surface area is 268 Å². The van der Waals surface area contributed by atoms with E-state index < -0.39 is 0 Å². The molecular weight excluding hydrogens is 586 g/mol. The van der Waals surface area contributed by atoms with Gasteiger partial charge in [-0.25, -0.2) is 14.1 Å². The molecule has 1 N–H and O–H groups in total. The molecule has 1 aliphatic heterocycles. The third kappa shape index (κ3) is 6.34. The van der Waals surface area contributed by atoms with E-state index in [1.807, 2.05) is 41.8 Å². The second-order valence-electron chi connectivity index (χ2n) is 13.1. The zero-order chi connectivity index (χ0) is 30.9. The molecule has 5 aromatic rings. The molecule has 0 fully saturated rings. The van der Waals surface area contributed by atoms with Crippen molar-refractivity contribution in [3.63, 3.8) is 0 Å². The molecule has 0 unspecified atom stereocenters. The van der Waals surface area contributed by atoms with Gasteiger partial charge in [-0.2, -0.15) is 16.9 Å². The first-order valence-corrected chi connectivity index (χ1v) is 17.7. The molecule has 1 atom stereocenters. The van der Waals surface area contributed by atoms with Crippen molar-refractivity contribution in [2.24, 2.45) is 12.5 Å². The van der Waals surface area contributed by atoms with E-state index in [2.05, 4.69) is 63.0 Å². The molecule has 0 spiro atoms. The topological polar surface area (TPSA) is 59.4 Å². The largest absolute Gasteiger partial charge is 0.361 e. The van der Waals surface area contributed by atoms with Gasteiger partial charge in [-0.05, 0) is 90.5 Å². The molecule has 0 saturated carbocycles. The van der Waals surface area contributed by atoms with Gasteiger partial charge >= 0.3 is 0 Å². The molecule has 3 aromatic heterocycles. The molecule has 5 nitrogen and oxygen atoms in total. The molecule has 0 aliphatic carbocycles. The number of nitrogens with zero attached hydrogens (tertiary/aromatic N) is 4. The van der Waals surface area contributed by atoms with E-state index in [4.69, 9.17) is 15.1 Å². The first-order valence-electron chi connectivity index (χ1n) is 15.7. The van der Waals surface area contributed by atoms with E-state index in [0.717, 1.165) is 88.7 Å². The van der Waals surface area contributed by atoms with Gasteiger partial charge in [0, 0.05) is 35.2 Å². The standard InChI is InChI=1S/C36H42FN5S2/c1-6-9-24-10-7-11-25(20-24)36(4)16-8-15-35(2,3)23-43-19-14-28-27-13-18-38-30(27)22-29(37)32(28)44-26-12-17-39-31(21-26)33-40-34(36)41-42(33)5/h7,10-13,17-18,20-22,38H,6,8-9,14-16,19,23H2,1-5H3/t36-/m1/s1. The Morgan fingerprint density at radius 1 is 1.07 bits per heavy atom. The van der Waals surface area contributed by atoms with Gasteiger partial charge in [-0.1, -0.05) is 69.6 Å². The molecule has 0 radical (unpaired) electrons. The molecule has 8 heteroatoms. The summed E-state index contributed by atoms with van der Waals surface area (Å²) in [6, 6.07) is 16.7. The van der Waals surface area contributed by atoms with Crippen LogP contribution in [0.15, 0.2) is 70.7 Å². The lowest BCUT2D eigenvalue weighted by atomic mass is 9.75. The quantitative estimate of drug-likeness (QED) is 0.216. The lowest BCUT2D eigenvalue weighted by Gasteiger charge is -2.30. The number of aromatic nitrogens is 5. The number of halogens is 1. The van der Waals surface area contributed by atoms with Crippen LogP contribution >= 0.6 is 23.5 Å². The number of hydrogen-bond donors (Lipinski definition) is 1. The molecule has 0 saturated heterocycles. The third-order valence-electron chi connectivity index (χ3n) is 8.93. The highest BCUT2D eigenvalue weighted by Gasteiger charge is 2.35. The van der Waals surface area contributed by atoms with Crippen molar-refractivity contribution < 1.29 is 4.39 Å². The molecular formula is C36H42FN5S2. The monoisotopic (exact) mass is 627 g/mol. The highest BCUT2D eigenvalue weighted by molar-refractivity contribution is 7.99. The maximum Gasteiger partial charge on any atom is 0.176 e. The number of pyridine rings is 1. The van der Waals surface area contributed by atoms with Crippen LogP contribution in [0.1, 0.15) is 75.9 Å². The second kappa shape index (κ2) is 12.7.